The summed E-state index contributed by atoms with van der Waals surface area (Å²) in [6.07, 6.45) is 3.61. The number of benzene rings is 1. The molecule has 0 atom stereocenters. The Bertz CT molecular complexity index is 760. The molecule has 3 aromatic rings. The van der Waals surface area contributed by atoms with Crippen LogP contribution < -0.4 is 4.57 Å². The number of hydrogen-bond acceptors (Lipinski definition) is 4. The fourth-order valence-corrected chi connectivity index (χ4v) is 2.02. The second-order valence-electron chi connectivity index (χ2n) is 4.51. The van der Waals surface area contributed by atoms with Gasteiger partial charge in [0.2, 0.25) is 5.82 Å². The van der Waals surface area contributed by atoms with Crippen molar-refractivity contribution in [2.24, 2.45) is 0 Å². The summed E-state index contributed by atoms with van der Waals surface area (Å²) in [6, 6.07) is 15.2. The molecule has 0 amide bonds. The Kier molecular flexibility index (Phi) is 3.47. The summed E-state index contributed by atoms with van der Waals surface area (Å²) in [6.45, 7) is 1.59. The van der Waals surface area contributed by atoms with E-state index in [0.29, 0.717) is 11.5 Å². The van der Waals surface area contributed by atoms with Gasteiger partial charge in [-0.05, 0) is 0 Å². The fourth-order valence-electron chi connectivity index (χ4n) is 2.02. The molecular weight excluding hydrogens is 266 g/mol. The zero-order chi connectivity index (χ0) is 14.7. The number of pyridine rings is 1. The molecule has 21 heavy (non-hydrogen) atoms. The standard InChI is InChI=1S/C16H13N3O2/c1-12(20)14(19-10-6-3-7-11-19)16-17-15(18-21-16)13-8-4-2-5-9-13/h2-11H,1H3/p+1. The van der Waals surface area contributed by atoms with E-state index in [9.17, 15) is 5.11 Å². The van der Waals surface area contributed by atoms with Gasteiger partial charge in [0.05, 0.1) is 0 Å². The summed E-state index contributed by atoms with van der Waals surface area (Å²) in [5.41, 5.74) is 1.32. The Hall–Kier alpha value is -2.95. The van der Waals surface area contributed by atoms with Gasteiger partial charge in [-0.3, -0.25) is 0 Å². The van der Waals surface area contributed by atoms with E-state index in [-0.39, 0.29) is 11.6 Å². The van der Waals surface area contributed by atoms with Crippen molar-refractivity contribution in [3.8, 4) is 11.4 Å². The van der Waals surface area contributed by atoms with E-state index >= 15 is 0 Å². The third-order valence-electron chi connectivity index (χ3n) is 2.98. The molecule has 5 nitrogen and oxygen atoms in total. The number of rotatable bonds is 3. The maximum atomic E-state index is 9.93. The number of nitrogens with zero attached hydrogens (tertiary/aromatic N) is 3. The minimum atomic E-state index is 0.106. The van der Waals surface area contributed by atoms with Gasteiger partial charge >= 0.3 is 11.6 Å². The van der Waals surface area contributed by atoms with Crippen LogP contribution in [0.1, 0.15) is 12.8 Å². The molecule has 0 spiro atoms. The Balaban J connectivity index is 2.04. The van der Waals surface area contributed by atoms with Crippen LogP contribution in [0.5, 0.6) is 0 Å². The van der Waals surface area contributed by atoms with Crippen LogP contribution in [0, 0.1) is 0 Å². The van der Waals surface area contributed by atoms with Crippen molar-refractivity contribution in [2.45, 2.75) is 6.92 Å². The van der Waals surface area contributed by atoms with Crippen molar-refractivity contribution in [2.75, 3.05) is 0 Å². The molecule has 0 unspecified atom stereocenters. The maximum Gasteiger partial charge on any atom is 0.327 e. The van der Waals surface area contributed by atoms with E-state index in [4.69, 9.17) is 4.52 Å². The summed E-state index contributed by atoms with van der Waals surface area (Å²) < 4.78 is 7.03. The van der Waals surface area contributed by atoms with E-state index in [1.807, 2.05) is 48.5 Å². The lowest BCUT2D eigenvalue weighted by Crippen LogP contribution is -2.32. The summed E-state index contributed by atoms with van der Waals surface area (Å²) in [4.78, 5) is 4.36. The first-order valence-electron chi connectivity index (χ1n) is 6.52. The highest BCUT2D eigenvalue weighted by Gasteiger charge is 2.24. The zero-order valence-corrected chi connectivity index (χ0v) is 11.5. The average Bonchev–Trinajstić information content (AvgIpc) is 2.98. The molecule has 0 bridgehead atoms. The van der Waals surface area contributed by atoms with Gasteiger partial charge < -0.3 is 9.63 Å². The van der Waals surface area contributed by atoms with Crippen LogP contribution in [-0.2, 0) is 0 Å². The zero-order valence-electron chi connectivity index (χ0n) is 11.5. The smallest absolute Gasteiger partial charge is 0.327 e. The highest BCUT2D eigenvalue weighted by molar-refractivity contribution is 5.57. The van der Waals surface area contributed by atoms with Crippen LogP contribution >= 0.6 is 0 Å². The van der Waals surface area contributed by atoms with Gasteiger partial charge in [0.25, 0.3) is 0 Å². The SMILES string of the molecule is CC(O)=C(c1nc(-c2ccccc2)no1)[n+]1ccccc1. The molecule has 0 saturated carbocycles. The van der Waals surface area contributed by atoms with Gasteiger partial charge in [0.15, 0.2) is 18.2 Å². The summed E-state index contributed by atoms with van der Waals surface area (Å²) in [5.74, 6) is 0.861. The van der Waals surface area contributed by atoms with E-state index in [1.54, 1.807) is 23.9 Å². The second-order valence-corrected chi connectivity index (χ2v) is 4.51. The molecule has 1 N–H and O–H groups in total. The summed E-state index contributed by atoms with van der Waals surface area (Å²) in [5, 5.41) is 13.9. The Morgan fingerprint density at radius 3 is 2.38 bits per heavy atom. The van der Waals surface area contributed by atoms with Crippen molar-refractivity contribution in [1.29, 1.82) is 0 Å². The van der Waals surface area contributed by atoms with Crippen molar-refractivity contribution in [3.63, 3.8) is 0 Å². The lowest BCUT2D eigenvalue weighted by atomic mass is 10.2. The molecule has 0 radical (unpaired) electrons. The van der Waals surface area contributed by atoms with Crippen LogP contribution in [0.4, 0.5) is 0 Å². The normalized spacial score (nSPS) is 12.0. The van der Waals surface area contributed by atoms with Gasteiger partial charge in [-0.1, -0.05) is 41.6 Å². The molecule has 3 rings (SSSR count). The van der Waals surface area contributed by atoms with Crippen LogP contribution in [0.2, 0.25) is 0 Å². The first-order valence-corrected chi connectivity index (χ1v) is 6.52. The molecular formula is C16H14N3O2+. The van der Waals surface area contributed by atoms with Gasteiger partial charge in [0, 0.05) is 24.6 Å². The molecule has 2 aromatic heterocycles. The minimum Gasteiger partial charge on any atom is -0.506 e. The predicted octanol–water partition coefficient (Wildman–Crippen LogP) is 2.82. The van der Waals surface area contributed by atoms with Crippen molar-refractivity contribution < 1.29 is 14.2 Å². The Labute approximate surface area is 121 Å². The summed E-state index contributed by atoms with van der Waals surface area (Å²) >= 11 is 0. The van der Waals surface area contributed by atoms with E-state index in [0.717, 1.165) is 5.56 Å². The second kappa shape index (κ2) is 5.58. The number of aliphatic hydroxyl groups is 1. The molecule has 5 heteroatoms. The lowest BCUT2D eigenvalue weighted by Gasteiger charge is -1.97. The van der Waals surface area contributed by atoms with Crippen molar-refractivity contribution in [3.05, 3.63) is 72.6 Å². The maximum absolute atomic E-state index is 9.93. The first-order chi connectivity index (χ1) is 10.3. The topological polar surface area (TPSA) is 63.0 Å². The molecule has 0 saturated heterocycles. The third kappa shape index (κ3) is 2.67. The largest absolute Gasteiger partial charge is 0.506 e. The number of allylic oxidation sites excluding steroid dienone is 1. The molecule has 1 aromatic carbocycles. The van der Waals surface area contributed by atoms with E-state index < -0.39 is 0 Å². The molecule has 0 aliphatic heterocycles. The molecule has 104 valence electrons. The molecule has 0 fully saturated rings. The highest BCUT2D eigenvalue weighted by atomic mass is 16.5. The number of hydrogen-bond donors (Lipinski definition) is 1. The Morgan fingerprint density at radius 2 is 1.71 bits per heavy atom. The van der Waals surface area contributed by atoms with Gasteiger partial charge in [-0.2, -0.15) is 9.55 Å². The monoisotopic (exact) mass is 280 g/mol. The quantitative estimate of drug-likeness (QED) is 0.592. The third-order valence-corrected chi connectivity index (χ3v) is 2.98. The average molecular weight is 280 g/mol. The van der Waals surface area contributed by atoms with Crippen molar-refractivity contribution >= 4 is 5.70 Å². The Morgan fingerprint density at radius 1 is 1.05 bits per heavy atom. The van der Waals surface area contributed by atoms with Crippen LogP contribution in [0.25, 0.3) is 17.1 Å². The van der Waals surface area contributed by atoms with Gasteiger partial charge in [-0.15, -0.1) is 0 Å². The number of aliphatic hydroxyl groups excluding tert-OH is 1. The van der Waals surface area contributed by atoms with E-state index in [2.05, 4.69) is 10.1 Å². The van der Waals surface area contributed by atoms with Crippen LogP contribution in [0.15, 0.2) is 71.2 Å². The summed E-state index contributed by atoms with van der Waals surface area (Å²) in [7, 11) is 0. The van der Waals surface area contributed by atoms with Crippen LogP contribution in [-0.4, -0.2) is 15.2 Å². The first kappa shape index (κ1) is 13.1. The highest BCUT2D eigenvalue weighted by Crippen LogP contribution is 2.18. The van der Waals surface area contributed by atoms with Gasteiger partial charge in [0.1, 0.15) is 0 Å². The molecule has 0 aliphatic carbocycles. The number of aromatic nitrogens is 3. The predicted molar refractivity (Wildman–Crippen MR) is 77.0 cm³/mol. The van der Waals surface area contributed by atoms with Gasteiger partial charge in [-0.25, -0.2) is 0 Å². The van der Waals surface area contributed by atoms with Crippen LogP contribution in [0.3, 0.4) is 0 Å². The van der Waals surface area contributed by atoms with Crippen molar-refractivity contribution in [1.82, 2.24) is 10.1 Å². The minimum absolute atomic E-state index is 0.106. The molecule has 0 aliphatic rings. The fraction of sp³-hybridized carbons (Fsp3) is 0.0625. The lowest BCUT2D eigenvalue weighted by molar-refractivity contribution is -0.581. The van der Waals surface area contributed by atoms with E-state index in [1.165, 1.54) is 0 Å². The molecule has 2 heterocycles.